The lowest BCUT2D eigenvalue weighted by Gasteiger charge is -2.22. The van der Waals surface area contributed by atoms with Gasteiger partial charge in [0.15, 0.2) is 5.60 Å². The number of rotatable bonds is 0. The third-order valence-electron chi connectivity index (χ3n) is 3.87. The van der Waals surface area contributed by atoms with Gasteiger partial charge in [-0.05, 0) is 24.7 Å². The maximum absolute atomic E-state index is 13.1. The predicted octanol–water partition coefficient (Wildman–Crippen LogP) is 1.05. The highest BCUT2D eigenvalue weighted by molar-refractivity contribution is 6.01. The summed E-state index contributed by atoms with van der Waals surface area (Å²) in [4.78, 5) is 15.2. The number of ether oxygens (including phenoxy) is 1. The molecule has 0 aromatic carbocycles. The minimum Gasteiger partial charge on any atom is -0.448 e. The van der Waals surface area contributed by atoms with E-state index in [0.29, 0.717) is 12.8 Å². The number of amides is 1. The number of halogens is 2. The zero-order chi connectivity index (χ0) is 11.6. The third-order valence-corrected chi connectivity index (χ3v) is 3.87. The van der Waals surface area contributed by atoms with Gasteiger partial charge in [0.25, 0.3) is 11.9 Å². The molecule has 1 heterocycles. The van der Waals surface area contributed by atoms with Crippen molar-refractivity contribution in [1.82, 2.24) is 0 Å². The van der Waals surface area contributed by atoms with Crippen LogP contribution in [-0.4, -0.2) is 23.5 Å². The summed E-state index contributed by atoms with van der Waals surface area (Å²) < 4.78 is 31.5. The summed E-state index contributed by atoms with van der Waals surface area (Å²) in [6, 6.07) is -0.128. The summed E-state index contributed by atoms with van der Waals surface area (Å²) in [5.74, 6) is -3.26. The number of aliphatic imine (C=N–C) groups is 1. The topological polar surface area (TPSA) is 64.7 Å². The number of hydrogen-bond donors (Lipinski definition) is 1. The largest absolute Gasteiger partial charge is 0.448 e. The number of nitrogens with zero attached hydrogens (tertiary/aromatic N) is 1. The minimum absolute atomic E-state index is 0.128. The van der Waals surface area contributed by atoms with Crippen molar-refractivity contribution < 1.29 is 18.3 Å². The van der Waals surface area contributed by atoms with Crippen LogP contribution in [0.1, 0.15) is 25.7 Å². The lowest BCUT2D eigenvalue weighted by atomic mass is 9.97. The average Bonchev–Trinajstić information content (AvgIpc) is 2.62. The van der Waals surface area contributed by atoms with E-state index in [0.717, 1.165) is 0 Å². The van der Waals surface area contributed by atoms with Gasteiger partial charge >= 0.3 is 0 Å². The fraction of sp³-hybridized carbons (Fsp3) is 0.800. The molecule has 0 aromatic rings. The normalized spacial score (nSPS) is 44.6. The first kappa shape index (κ1) is 9.99. The van der Waals surface area contributed by atoms with E-state index in [9.17, 15) is 13.6 Å². The summed E-state index contributed by atoms with van der Waals surface area (Å²) in [6.45, 7) is 0. The Morgan fingerprint density at radius 2 is 1.81 bits per heavy atom. The maximum Gasteiger partial charge on any atom is 0.294 e. The summed E-state index contributed by atoms with van der Waals surface area (Å²) >= 11 is 0. The second-order valence-electron chi connectivity index (χ2n) is 5.04. The van der Waals surface area contributed by atoms with Gasteiger partial charge in [-0.2, -0.15) is 4.99 Å². The van der Waals surface area contributed by atoms with Crippen LogP contribution in [0.4, 0.5) is 8.78 Å². The second kappa shape index (κ2) is 2.73. The SMILES string of the molecule is NC1=NC(=O)C2(CC3CC(F)(F)CC3C2)O1. The molecular formula is C10H12F2N2O2. The first-order chi connectivity index (χ1) is 7.40. The van der Waals surface area contributed by atoms with E-state index in [-0.39, 0.29) is 30.7 Å². The highest BCUT2D eigenvalue weighted by atomic mass is 19.3. The van der Waals surface area contributed by atoms with Crippen LogP contribution in [0.2, 0.25) is 0 Å². The fourth-order valence-electron chi connectivity index (χ4n) is 3.32. The molecule has 1 spiro atoms. The second-order valence-corrected chi connectivity index (χ2v) is 5.04. The Bertz CT molecular complexity index is 378. The van der Waals surface area contributed by atoms with E-state index in [1.165, 1.54) is 0 Å². The molecule has 4 nitrogen and oxygen atoms in total. The van der Waals surface area contributed by atoms with Crippen LogP contribution >= 0.6 is 0 Å². The average molecular weight is 230 g/mol. The van der Waals surface area contributed by atoms with E-state index in [1.807, 2.05) is 0 Å². The predicted molar refractivity (Wildman–Crippen MR) is 50.8 cm³/mol. The number of alkyl halides is 2. The van der Waals surface area contributed by atoms with E-state index in [4.69, 9.17) is 10.5 Å². The van der Waals surface area contributed by atoms with Gasteiger partial charge < -0.3 is 10.5 Å². The summed E-state index contributed by atoms with van der Waals surface area (Å²) in [6.07, 6.45) is 0.374. The fourth-order valence-corrected chi connectivity index (χ4v) is 3.32. The molecular weight excluding hydrogens is 218 g/mol. The van der Waals surface area contributed by atoms with Gasteiger partial charge in [0.05, 0.1) is 0 Å². The van der Waals surface area contributed by atoms with Crippen molar-refractivity contribution in [3.8, 4) is 0 Å². The van der Waals surface area contributed by atoms with Crippen molar-refractivity contribution in [3.63, 3.8) is 0 Å². The van der Waals surface area contributed by atoms with Gasteiger partial charge in [-0.3, -0.25) is 4.79 Å². The van der Waals surface area contributed by atoms with Gasteiger partial charge in [-0.1, -0.05) is 0 Å². The molecule has 0 saturated heterocycles. The van der Waals surface area contributed by atoms with Crippen molar-refractivity contribution in [3.05, 3.63) is 0 Å². The zero-order valence-electron chi connectivity index (χ0n) is 8.58. The first-order valence-electron chi connectivity index (χ1n) is 5.36. The molecule has 3 rings (SSSR count). The smallest absolute Gasteiger partial charge is 0.294 e. The number of nitrogens with two attached hydrogens (primary N) is 1. The molecule has 6 heteroatoms. The minimum atomic E-state index is -2.58. The number of amidine groups is 1. The van der Waals surface area contributed by atoms with Crippen molar-refractivity contribution in [2.75, 3.05) is 0 Å². The molecule has 1 aliphatic heterocycles. The highest BCUT2D eigenvalue weighted by Crippen LogP contribution is 2.56. The molecule has 0 bridgehead atoms. The van der Waals surface area contributed by atoms with Gasteiger partial charge in [-0.25, -0.2) is 8.78 Å². The van der Waals surface area contributed by atoms with Crippen molar-refractivity contribution in [1.29, 1.82) is 0 Å². The van der Waals surface area contributed by atoms with Crippen LogP contribution in [0.3, 0.4) is 0 Å². The summed E-state index contributed by atoms with van der Waals surface area (Å²) in [5.41, 5.74) is 4.32. The number of carbonyl (C=O) groups excluding carboxylic acids is 1. The number of hydrogen-bond acceptors (Lipinski definition) is 3. The Labute approximate surface area is 90.8 Å². The van der Waals surface area contributed by atoms with Crippen LogP contribution < -0.4 is 5.73 Å². The van der Waals surface area contributed by atoms with Gasteiger partial charge in [0.2, 0.25) is 5.92 Å². The van der Waals surface area contributed by atoms with Crippen LogP contribution in [0, 0.1) is 11.8 Å². The Morgan fingerprint density at radius 3 is 2.25 bits per heavy atom. The Kier molecular flexibility index (Phi) is 1.70. The summed E-state index contributed by atoms with van der Waals surface area (Å²) in [5, 5.41) is 0. The number of carbonyl (C=O) groups is 1. The molecule has 2 N–H and O–H groups in total. The quantitative estimate of drug-likeness (QED) is 0.676. The van der Waals surface area contributed by atoms with Gasteiger partial charge in [-0.15, -0.1) is 0 Å². The lowest BCUT2D eigenvalue weighted by molar-refractivity contribution is -0.131. The third kappa shape index (κ3) is 1.25. The van der Waals surface area contributed by atoms with Crippen LogP contribution in [0.15, 0.2) is 4.99 Å². The van der Waals surface area contributed by atoms with Crippen LogP contribution in [-0.2, 0) is 9.53 Å². The molecule has 2 saturated carbocycles. The van der Waals surface area contributed by atoms with E-state index in [1.54, 1.807) is 0 Å². The van der Waals surface area contributed by atoms with Crippen LogP contribution in [0.25, 0.3) is 0 Å². The zero-order valence-corrected chi connectivity index (χ0v) is 8.58. The molecule has 2 unspecified atom stereocenters. The molecule has 0 aromatic heterocycles. The van der Waals surface area contributed by atoms with Crippen LogP contribution in [0.5, 0.6) is 0 Å². The monoisotopic (exact) mass is 230 g/mol. The summed E-state index contributed by atoms with van der Waals surface area (Å²) in [7, 11) is 0. The molecule has 88 valence electrons. The van der Waals surface area contributed by atoms with Crippen molar-refractivity contribution >= 4 is 11.9 Å². The highest BCUT2D eigenvalue weighted by Gasteiger charge is 2.61. The van der Waals surface area contributed by atoms with E-state index >= 15 is 0 Å². The molecule has 16 heavy (non-hydrogen) atoms. The molecule has 3 aliphatic rings. The van der Waals surface area contributed by atoms with Gasteiger partial charge in [0.1, 0.15) is 0 Å². The number of fused-ring (bicyclic) bond motifs is 1. The Hall–Kier alpha value is -1.20. The molecule has 0 radical (unpaired) electrons. The molecule has 2 atom stereocenters. The lowest BCUT2D eigenvalue weighted by Crippen LogP contribution is -2.36. The van der Waals surface area contributed by atoms with E-state index < -0.39 is 17.4 Å². The maximum atomic E-state index is 13.1. The van der Waals surface area contributed by atoms with Crippen molar-refractivity contribution in [2.45, 2.75) is 37.2 Å². The Morgan fingerprint density at radius 1 is 1.25 bits per heavy atom. The van der Waals surface area contributed by atoms with E-state index in [2.05, 4.69) is 4.99 Å². The molecule has 1 amide bonds. The standard InChI is InChI=1S/C10H12F2N2O2/c11-10(12)3-5-1-9(2-6(5)4-10)7(15)14-8(13)16-9/h5-6H,1-4H2,(H2,13,14,15). The first-order valence-corrected chi connectivity index (χ1v) is 5.36. The van der Waals surface area contributed by atoms with Gasteiger partial charge in [0, 0.05) is 12.8 Å². The van der Waals surface area contributed by atoms with Crippen molar-refractivity contribution in [2.24, 2.45) is 22.6 Å². The molecule has 2 fully saturated rings. The molecule has 2 aliphatic carbocycles. The Balaban J connectivity index is 1.80.